The molecule has 1 atom stereocenters. The molecule has 2 aromatic carbocycles. The highest BCUT2D eigenvalue weighted by molar-refractivity contribution is 5.94. The van der Waals surface area contributed by atoms with Crippen molar-refractivity contribution in [2.45, 2.75) is 24.4 Å². The third kappa shape index (κ3) is 3.26. The fourth-order valence-electron chi connectivity index (χ4n) is 4.13. The molecule has 2 fully saturated rings. The molecule has 1 saturated heterocycles. The summed E-state index contributed by atoms with van der Waals surface area (Å²) in [6, 6.07) is 16.0. The first-order valence-electron chi connectivity index (χ1n) is 10.1. The van der Waals surface area contributed by atoms with Gasteiger partial charge >= 0.3 is 0 Å². The molecule has 1 unspecified atom stereocenters. The lowest BCUT2D eigenvalue weighted by molar-refractivity contribution is -0.135. The van der Waals surface area contributed by atoms with Crippen molar-refractivity contribution in [2.75, 3.05) is 31.6 Å². The Morgan fingerprint density at radius 3 is 2.28 bits per heavy atom. The summed E-state index contributed by atoms with van der Waals surface area (Å²) in [6.45, 7) is 2.19. The maximum atomic E-state index is 12.9. The molecule has 4 N–H and O–H groups in total. The number of fused-ring (bicyclic) bond motifs is 1. The molecule has 2 amide bonds. The molecule has 0 spiro atoms. The Labute approximate surface area is 169 Å². The average Bonchev–Trinajstić information content (AvgIpc) is 3.38. The van der Waals surface area contributed by atoms with Crippen molar-refractivity contribution in [1.29, 1.82) is 0 Å². The first-order chi connectivity index (χ1) is 14.0. The van der Waals surface area contributed by atoms with Gasteiger partial charge in [-0.15, -0.1) is 0 Å². The maximum absolute atomic E-state index is 12.9. The SMILES string of the molecule is NC1(C(=O)N2CCN(C(=O)c3ccc(C4NNc5ccccc54)cc3)CC2)CC1. The number of para-hydroxylation sites is 1. The van der Waals surface area contributed by atoms with E-state index in [0.29, 0.717) is 31.7 Å². The highest BCUT2D eigenvalue weighted by Crippen LogP contribution is 2.35. The van der Waals surface area contributed by atoms with Gasteiger partial charge in [0.25, 0.3) is 5.91 Å². The molecule has 5 rings (SSSR count). The van der Waals surface area contributed by atoms with E-state index in [1.54, 1.807) is 4.90 Å². The van der Waals surface area contributed by atoms with Crippen LogP contribution in [0.3, 0.4) is 0 Å². The van der Waals surface area contributed by atoms with Crippen LogP contribution in [0.25, 0.3) is 0 Å². The zero-order chi connectivity index (χ0) is 20.0. The molecule has 0 radical (unpaired) electrons. The van der Waals surface area contributed by atoms with Crippen molar-refractivity contribution >= 4 is 17.5 Å². The number of carbonyl (C=O) groups is 2. The fraction of sp³-hybridized carbons (Fsp3) is 0.364. The van der Waals surface area contributed by atoms with Gasteiger partial charge in [0.15, 0.2) is 0 Å². The van der Waals surface area contributed by atoms with Gasteiger partial charge in [-0.2, -0.15) is 0 Å². The van der Waals surface area contributed by atoms with Crippen LogP contribution in [0.5, 0.6) is 0 Å². The van der Waals surface area contributed by atoms with Gasteiger partial charge in [-0.05, 0) is 42.2 Å². The van der Waals surface area contributed by atoms with Crippen LogP contribution >= 0.6 is 0 Å². The standard InChI is InChI=1S/C22H25N5O2/c23-22(9-10-22)21(29)27-13-11-26(12-14-27)20(28)16-7-5-15(6-8-16)19-17-3-1-2-4-18(17)24-25-19/h1-8,19,24-25H,9-14,23H2. The molecule has 7 nitrogen and oxygen atoms in total. The van der Waals surface area contributed by atoms with Crippen molar-refractivity contribution in [2.24, 2.45) is 5.73 Å². The van der Waals surface area contributed by atoms with Crippen molar-refractivity contribution < 1.29 is 9.59 Å². The number of piperazine rings is 1. The van der Waals surface area contributed by atoms with Crippen LogP contribution in [-0.4, -0.2) is 53.3 Å². The summed E-state index contributed by atoms with van der Waals surface area (Å²) in [5.74, 6) is 0.0438. The number of nitrogens with two attached hydrogens (primary N) is 1. The van der Waals surface area contributed by atoms with E-state index < -0.39 is 5.54 Å². The van der Waals surface area contributed by atoms with Gasteiger partial charge in [0, 0.05) is 31.7 Å². The maximum Gasteiger partial charge on any atom is 0.253 e. The van der Waals surface area contributed by atoms with Gasteiger partial charge in [-0.1, -0.05) is 30.3 Å². The molecule has 1 aliphatic carbocycles. The largest absolute Gasteiger partial charge is 0.338 e. The van der Waals surface area contributed by atoms with Gasteiger partial charge in [-0.3, -0.25) is 9.59 Å². The molecule has 0 bridgehead atoms. The number of carbonyl (C=O) groups excluding carboxylic acids is 2. The van der Waals surface area contributed by atoms with Crippen LogP contribution < -0.4 is 16.6 Å². The molecular formula is C22H25N5O2. The number of hydrazine groups is 1. The van der Waals surface area contributed by atoms with Crippen molar-refractivity contribution in [3.63, 3.8) is 0 Å². The lowest BCUT2D eigenvalue weighted by atomic mass is 9.98. The minimum Gasteiger partial charge on any atom is -0.338 e. The summed E-state index contributed by atoms with van der Waals surface area (Å²) in [5.41, 5.74) is 15.9. The minimum atomic E-state index is -0.635. The number of hydrogen-bond donors (Lipinski definition) is 3. The van der Waals surface area contributed by atoms with Gasteiger partial charge in [0.2, 0.25) is 5.91 Å². The van der Waals surface area contributed by atoms with Crippen LogP contribution in [0.2, 0.25) is 0 Å². The van der Waals surface area contributed by atoms with Gasteiger partial charge in [-0.25, -0.2) is 5.43 Å². The lowest BCUT2D eigenvalue weighted by Gasteiger charge is -2.36. The zero-order valence-corrected chi connectivity index (χ0v) is 16.2. The van der Waals surface area contributed by atoms with E-state index >= 15 is 0 Å². The van der Waals surface area contributed by atoms with Crippen LogP contribution in [0.1, 0.15) is 40.4 Å². The molecular weight excluding hydrogens is 366 g/mol. The third-order valence-electron chi connectivity index (χ3n) is 6.18. The predicted octanol–water partition coefficient (Wildman–Crippen LogP) is 1.48. The van der Waals surface area contributed by atoms with Crippen molar-refractivity contribution in [3.05, 3.63) is 65.2 Å². The van der Waals surface area contributed by atoms with Crippen LogP contribution in [0, 0.1) is 0 Å². The lowest BCUT2D eigenvalue weighted by Crippen LogP contribution is -2.55. The Balaban J connectivity index is 1.23. The highest BCUT2D eigenvalue weighted by Gasteiger charge is 2.48. The van der Waals surface area contributed by atoms with Crippen molar-refractivity contribution in [3.8, 4) is 0 Å². The molecule has 2 aromatic rings. The normalized spacial score (nSPS) is 22.0. The first-order valence-corrected chi connectivity index (χ1v) is 10.1. The number of nitrogens with one attached hydrogen (secondary N) is 2. The van der Waals surface area contributed by atoms with Crippen molar-refractivity contribution in [1.82, 2.24) is 15.2 Å². The van der Waals surface area contributed by atoms with Gasteiger partial charge in [0.1, 0.15) is 0 Å². The summed E-state index contributed by atoms with van der Waals surface area (Å²) in [5, 5.41) is 0. The van der Waals surface area contributed by atoms with E-state index in [0.717, 1.165) is 24.1 Å². The minimum absolute atomic E-state index is 0.00967. The topological polar surface area (TPSA) is 90.7 Å². The Bertz CT molecular complexity index is 946. The van der Waals surface area contributed by atoms with E-state index in [9.17, 15) is 9.59 Å². The Hall–Kier alpha value is -2.90. The number of nitrogens with zero attached hydrogens (tertiary/aromatic N) is 2. The number of hydrogen-bond acceptors (Lipinski definition) is 5. The summed E-state index contributed by atoms with van der Waals surface area (Å²) < 4.78 is 0. The van der Waals surface area contributed by atoms with E-state index in [1.807, 2.05) is 47.4 Å². The van der Waals surface area contributed by atoms with Gasteiger partial charge < -0.3 is 21.0 Å². The zero-order valence-electron chi connectivity index (χ0n) is 16.2. The molecule has 0 aromatic heterocycles. The second kappa shape index (κ2) is 6.86. The Morgan fingerprint density at radius 2 is 1.59 bits per heavy atom. The number of rotatable bonds is 3. The van der Waals surface area contributed by atoms with E-state index in [1.165, 1.54) is 5.56 Å². The molecule has 2 aliphatic heterocycles. The first kappa shape index (κ1) is 18.1. The Kier molecular flexibility index (Phi) is 4.29. The fourth-order valence-corrected chi connectivity index (χ4v) is 4.13. The van der Waals surface area contributed by atoms with E-state index in [4.69, 9.17) is 5.73 Å². The number of anilines is 1. The molecule has 150 valence electrons. The molecule has 29 heavy (non-hydrogen) atoms. The quantitative estimate of drug-likeness (QED) is 0.737. The molecule has 7 heteroatoms. The van der Waals surface area contributed by atoms with E-state index in [-0.39, 0.29) is 17.9 Å². The van der Waals surface area contributed by atoms with Crippen LogP contribution in [0.4, 0.5) is 5.69 Å². The monoisotopic (exact) mass is 391 g/mol. The van der Waals surface area contributed by atoms with Crippen LogP contribution in [0.15, 0.2) is 48.5 Å². The molecule has 2 heterocycles. The van der Waals surface area contributed by atoms with Gasteiger partial charge in [0.05, 0.1) is 17.3 Å². The summed E-state index contributed by atoms with van der Waals surface area (Å²) in [4.78, 5) is 28.9. The summed E-state index contributed by atoms with van der Waals surface area (Å²) in [6.07, 6.45) is 1.54. The number of amides is 2. The summed E-state index contributed by atoms with van der Waals surface area (Å²) in [7, 11) is 0. The third-order valence-corrected chi connectivity index (χ3v) is 6.18. The van der Waals surface area contributed by atoms with E-state index in [2.05, 4.69) is 16.9 Å². The average molecular weight is 391 g/mol. The summed E-state index contributed by atoms with van der Waals surface area (Å²) >= 11 is 0. The molecule has 1 saturated carbocycles. The predicted molar refractivity (Wildman–Crippen MR) is 110 cm³/mol. The number of benzene rings is 2. The second-order valence-electron chi connectivity index (χ2n) is 8.15. The van der Waals surface area contributed by atoms with Crippen LogP contribution in [-0.2, 0) is 4.79 Å². The Morgan fingerprint density at radius 1 is 0.931 bits per heavy atom. The highest BCUT2D eigenvalue weighted by atomic mass is 16.2. The molecule has 3 aliphatic rings. The smallest absolute Gasteiger partial charge is 0.253 e. The second-order valence-corrected chi connectivity index (χ2v) is 8.15.